The summed E-state index contributed by atoms with van der Waals surface area (Å²) >= 11 is 0. The van der Waals surface area contributed by atoms with Gasteiger partial charge in [-0.05, 0) is 37.1 Å². The van der Waals surface area contributed by atoms with E-state index >= 15 is 0 Å². The minimum absolute atomic E-state index is 0.0113. The molecule has 1 amide bonds. The van der Waals surface area contributed by atoms with Crippen LogP contribution in [0.15, 0.2) is 29.2 Å². The third-order valence-electron chi connectivity index (χ3n) is 5.09. The number of sulfone groups is 1. The molecule has 1 aliphatic heterocycles. The third-order valence-corrected chi connectivity index (χ3v) is 6.75. The fourth-order valence-electron chi connectivity index (χ4n) is 3.39. The zero-order valence-corrected chi connectivity index (χ0v) is 17.5. The highest BCUT2D eigenvalue weighted by Gasteiger charge is 2.38. The highest BCUT2D eigenvalue weighted by Crippen LogP contribution is 2.22. The van der Waals surface area contributed by atoms with E-state index in [9.17, 15) is 31.2 Å². The van der Waals surface area contributed by atoms with Crippen LogP contribution in [-0.2, 0) is 30.7 Å². The van der Waals surface area contributed by atoms with Crippen molar-refractivity contribution in [2.24, 2.45) is 5.92 Å². The van der Waals surface area contributed by atoms with Gasteiger partial charge in [0, 0.05) is 25.6 Å². The largest absolute Gasteiger partial charge is 0.471 e. The monoisotopic (exact) mass is 450 g/mol. The van der Waals surface area contributed by atoms with Gasteiger partial charge >= 0.3 is 12.1 Å². The van der Waals surface area contributed by atoms with Gasteiger partial charge in [0.25, 0.3) is 0 Å². The summed E-state index contributed by atoms with van der Waals surface area (Å²) in [4.78, 5) is 23.3. The third kappa shape index (κ3) is 6.26. The Labute approximate surface area is 173 Å². The molecule has 1 aromatic carbocycles. The van der Waals surface area contributed by atoms with Crippen LogP contribution in [0, 0.1) is 5.92 Å². The molecule has 1 saturated heterocycles. The van der Waals surface area contributed by atoms with Crippen LogP contribution in [0.4, 0.5) is 13.2 Å². The summed E-state index contributed by atoms with van der Waals surface area (Å²) in [7, 11) is -2.45. The van der Waals surface area contributed by atoms with Crippen LogP contribution < -0.4 is 10.6 Å². The molecule has 0 spiro atoms. The van der Waals surface area contributed by atoms with Crippen LogP contribution in [0.2, 0.25) is 0 Å². The fourth-order valence-corrected chi connectivity index (χ4v) is 4.75. The van der Waals surface area contributed by atoms with Gasteiger partial charge in [0.15, 0.2) is 15.6 Å². The molecular weight excluding hydrogens is 425 g/mol. The number of methoxy groups -OCH3 is 1. The van der Waals surface area contributed by atoms with E-state index < -0.39 is 52.0 Å². The Hall–Kier alpha value is -1.98. The minimum Gasteiger partial charge on any atom is -0.379 e. The Morgan fingerprint density at radius 1 is 1.27 bits per heavy atom. The lowest BCUT2D eigenvalue weighted by Gasteiger charge is -2.27. The van der Waals surface area contributed by atoms with Crippen molar-refractivity contribution in [1.82, 2.24) is 10.6 Å². The molecule has 0 bridgehead atoms. The van der Waals surface area contributed by atoms with Crippen LogP contribution in [0.5, 0.6) is 0 Å². The second-order valence-electron chi connectivity index (χ2n) is 7.24. The Balaban J connectivity index is 2.00. The van der Waals surface area contributed by atoms with E-state index in [2.05, 4.69) is 5.32 Å². The van der Waals surface area contributed by atoms with E-state index in [-0.39, 0.29) is 16.5 Å². The van der Waals surface area contributed by atoms with Crippen molar-refractivity contribution in [3.8, 4) is 0 Å². The minimum atomic E-state index is -4.99. The smallest absolute Gasteiger partial charge is 0.379 e. The van der Waals surface area contributed by atoms with Crippen molar-refractivity contribution in [2.75, 3.05) is 19.4 Å². The zero-order chi connectivity index (χ0) is 22.5. The summed E-state index contributed by atoms with van der Waals surface area (Å²) < 4.78 is 67.2. The molecule has 7 nitrogen and oxygen atoms in total. The molecule has 0 aromatic heterocycles. The first-order chi connectivity index (χ1) is 14.0. The normalized spacial score (nSPS) is 19.3. The maximum absolute atomic E-state index is 12.6. The number of carbonyl (C=O) groups is 2. The Morgan fingerprint density at radius 2 is 1.90 bits per heavy atom. The number of carbonyl (C=O) groups excluding carboxylic acids is 2. The van der Waals surface area contributed by atoms with Gasteiger partial charge in [-0.3, -0.25) is 9.59 Å². The molecule has 1 heterocycles. The van der Waals surface area contributed by atoms with Crippen LogP contribution in [0.25, 0.3) is 0 Å². The topological polar surface area (TPSA) is 102 Å². The maximum Gasteiger partial charge on any atom is 0.471 e. The first-order valence-corrected chi connectivity index (χ1v) is 11.1. The number of nitrogens with one attached hydrogen (secondary N) is 2. The van der Waals surface area contributed by atoms with E-state index in [0.29, 0.717) is 0 Å². The fraction of sp³-hybridized carbons (Fsp3) is 0.579. The number of halogens is 3. The predicted octanol–water partition coefficient (Wildman–Crippen LogP) is 1.61. The lowest BCUT2D eigenvalue weighted by atomic mass is 9.93. The maximum atomic E-state index is 12.6. The molecule has 11 heteroatoms. The average Bonchev–Trinajstić information content (AvgIpc) is 3.20. The molecule has 1 aromatic rings. The Morgan fingerprint density at radius 3 is 2.40 bits per heavy atom. The van der Waals surface area contributed by atoms with Gasteiger partial charge < -0.3 is 15.4 Å². The van der Waals surface area contributed by atoms with Crippen molar-refractivity contribution < 1.29 is 35.9 Å². The Kier molecular flexibility index (Phi) is 8.00. The van der Waals surface area contributed by atoms with E-state index in [1.165, 1.54) is 31.4 Å². The van der Waals surface area contributed by atoms with Crippen LogP contribution in [-0.4, -0.2) is 57.8 Å². The first-order valence-electron chi connectivity index (χ1n) is 9.41. The number of benzene rings is 1. The number of hydrogen-bond donors (Lipinski definition) is 2. The lowest BCUT2D eigenvalue weighted by molar-refractivity contribution is -0.173. The molecule has 2 rings (SSSR count). The molecular formula is C19H25F3N2O5S. The van der Waals surface area contributed by atoms with Gasteiger partial charge in [0.1, 0.15) is 5.75 Å². The standard InChI is InChI=1S/C19H25F3N2O5S/c1-12(17(29-2)15-4-3-9-23-15)16(25)11-30(27,28)14-7-5-13(6-8-14)10-24-18(26)19(20,21)22/h5-8,12,15,17,23H,3-4,9-11H2,1-2H3,(H,24,26)/t12-,15-,17+/m0/s1. The molecule has 0 saturated carbocycles. The summed E-state index contributed by atoms with van der Waals surface area (Å²) in [5.41, 5.74) is 0.290. The van der Waals surface area contributed by atoms with Crippen LogP contribution >= 0.6 is 0 Å². The summed E-state index contributed by atoms with van der Waals surface area (Å²) in [6.45, 7) is 2.05. The molecule has 0 aliphatic carbocycles. The molecule has 0 unspecified atom stereocenters. The molecule has 1 fully saturated rings. The van der Waals surface area contributed by atoms with Crippen LogP contribution in [0.1, 0.15) is 25.3 Å². The molecule has 2 N–H and O–H groups in total. The van der Waals surface area contributed by atoms with Crippen molar-refractivity contribution in [2.45, 2.75) is 49.5 Å². The Bertz CT molecular complexity index is 850. The molecule has 0 radical (unpaired) electrons. The predicted molar refractivity (Wildman–Crippen MR) is 102 cm³/mol. The number of Topliss-reactive ketones (excluding diaryl/α,β-unsaturated/α-hetero) is 1. The van der Waals surface area contributed by atoms with Gasteiger partial charge in [-0.15, -0.1) is 0 Å². The quantitative estimate of drug-likeness (QED) is 0.593. The van der Waals surface area contributed by atoms with Crippen molar-refractivity contribution in [3.63, 3.8) is 0 Å². The summed E-state index contributed by atoms with van der Waals surface area (Å²) in [5, 5.41) is 4.95. The number of amides is 1. The zero-order valence-electron chi connectivity index (χ0n) is 16.7. The average molecular weight is 450 g/mol. The number of rotatable bonds is 9. The molecule has 3 atom stereocenters. The highest BCUT2D eigenvalue weighted by atomic mass is 32.2. The van der Waals surface area contributed by atoms with E-state index in [1.807, 2.05) is 0 Å². The van der Waals surface area contributed by atoms with Gasteiger partial charge in [-0.1, -0.05) is 19.1 Å². The summed E-state index contributed by atoms with van der Waals surface area (Å²) in [6, 6.07) is 4.97. The van der Waals surface area contributed by atoms with Gasteiger partial charge in [-0.25, -0.2) is 8.42 Å². The van der Waals surface area contributed by atoms with Gasteiger partial charge in [0.05, 0.1) is 11.0 Å². The van der Waals surface area contributed by atoms with Crippen LogP contribution in [0.3, 0.4) is 0 Å². The SMILES string of the molecule is CO[C@@H]([C@@H]1CCCN1)[C@@H](C)C(=O)CS(=O)(=O)c1ccc(CNC(=O)C(F)(F)F)cc1. The van der Waals surface area contributed by atoms with Crippen molar-refractivity contribution in [3.05, 3.63) is 29.8 Å². The second kappa shape index (κ2) is 9.88. The van der Waals surface area contributed by atoms with Crippen molar-refractivity contribution >= 4 is 21.5 Å². The second-order valence-corrected chi connectivity index (χ2v) is 9.23. The lowest BCUT2D eigenvalue weighted by Crippen LogP contribution is -2.44. The number of ketones is 1. The van der Waals surface area contributed by atoms with Gasteiger partial charge in [0.2, 0.25) is 0 Å². The molecule has 168 valence electrons. The van der Waals surface area contributed by atoms with E-state index in [1.54, 1.807) is 12.2 Å². The first kappa shape index (κ1) is 24.3. The number of ether oxygens (including phenoxy) is 1. The van der Waals surface area contributed by atoms with E-state index in [0.717, 1.165) is 19.4 Å². The number of alkyl halides is 3. The van der Waals surface area contributed by atoms with Crippen molar-refractivity contribution in [1.29, 1.82) is 0 Å². The van der Waals surface area contributed by atoms with E-state index in [4.69, 9.17) is 4.74 Å². The molecule has 30 heavy (non-hydrogen) atoms. The number of hydrogen-bond acceptors (Lipinski definition) is 6. The van der Waals surface area contributed by atoms with Gasteiger partial charge in [-0.2, -0.15) is 13.2 Å². The summed E-state index contributed by atoms with van der Waals surface area (Å²) in [5.74, 6) is -3.89. The summed E-state index contributed by atoms with van der Waals surface area (Å²) in [6.07, 6.45) is -3.63. The molecule has 1 aliphatic rings. The highest BCUT2D eigenvalue weighted by molar-refractivity contribution is 7.92.